The molecule has 0 saturated heterocycles. The number of Topliss-reactive ketones (excluding diaryl/α,β-unsaturated/α-hetero) is 1. The van der Waals surface area contributed by atoms with Gasteiger partial charge in [-0.1, -0.05) is 42.5 Å². The maximum Gasteiger partial charge on any atom is 0.338 e. The standard InChI is InChI=1S/C21H23NO5/c1-15(23)19(12-16-6-4-3-5-7-16)22-20(24)14-27-21(25)18-10-8-17(9-11-18)13-26-2/h3-11,19H,12-14H2,1-2H3,(H,22,24). The summed E-state index contributed by atoms with van der Waals surface area (Å²) in [7, 11) is 1.59. The molecular weight excluding hydrogens is 346 g/mol. The molecule has 0 radical (unpaired) electrons. The molecule has 0 aliphatic carbocycles. The Balaban J connectivity index is 1.86. The van der Waals surface area contributed by atoms with Crippen LogP contribution in [-0.2, 0) is 32.1 Å². The molecule has 0 bridgehead atoms. The average Bonchev–Trinajstić information content (AvgIpc) is 2.67. The SMILES string of the molecule is COCc1ccc(C(=O)OCC(=O)NC(Cc2ccccc2)C(C)=O)cc1. The smallest absolute Gasteiger partial charge is 0.338 e. The van der Waals surface area contributed by atoms with Crippen LogP contribution in [0.2, 0.25) is 0 Å². The third-order valence-electron chi connectivity index (χ3n) is 3.94. The summed E-state index contributed by atoms with van der Waals surface area (Å²) in [5.41, 5.74) is 2.21. The molecule has 2 aromatic rings. The van der Waals surface area contributed by atoms with Crippen molar-refractivity contribution >= 4 is 17.7 Å². The lowest BCUT2D eigenvalue weighted by Crippen LogP contribution is -2.43. The highest BCUT2D eigenvalue weighted by Crippen LogP contribution is 2.07. The average molecular weight is 369 g/mol. The molecule has 27 heavy (non-hydrogen) atoms. The van der Waals surface area contributed by atoms with E-state index >= 15 is 0 Å². The second-order valence-corrected chi connectivity index (χ2v) is 6.13. The van der Waals surface area contributed by atoms with Crippen LogP contribution in [0.3, 0.4) is 0 Å². The molecule has 1 amide bonds. The molecule has 6 heteroatoms. The molecule has 0 saturated carbocycles. The molecule has 1 atom stereocenters. The van der Waals surface area contributed by atoms with Crippen molar-refractivity contribution in [2.75, 3.05) is 13.7 Å². The predicted molar refractivity (Wildman–Crippen MR) is 100 cm³/mol. The van der Waals surface area contributed by atoms with Crippen molar-refractivity contribution in [3.63, 3.8) is 0 Å². The van der Waals surface area contributed by atoms with Gasteiger partial charge in [-0.2, -0.15) is 0 Å². The number of methoxy groups -OCH3 is 1. The second-order valence-electron chi connectivity index (χ2n) is 6.13. The fraction of sp³-hybridized carbons (Fsp3) is 0.286. The first-order valence-corrected chi connectivity index (χ1v) is 8.58. The first-order chi connectivity index (χ1) is 13.0. The van der Waals surface area contributed by atoms with E-state index in [0.29, 0.717) is 18.6 Å². The zero-order valence-electron chi connectivity index (χ0n) is 15.4. The lowest BCUT2D eigenvalue weighted by Gasteiger charge is -2.16. The largest absolute Gasteiger partial charge is 0.452 e. The third-order valence-corrected chi connectivity index (χ3v) is 3.94. The van der Waals surface area contributed by atoms with Crippen molar-refractivity contribution in [1.29, 1.82) is 0 Å². The molecule has 0 aromatic heterocycles. The van der Waals surface area contributed by atoms with E-state index in [0.717, 1.165) is 11.1 Å². The Morgan fingerprint density at radius 3 is 2.22 bits per heavy atom. The van der Waals surface area contributed by atoms with E-state index in [4.69, 9.17) is 9.47 Å². The summed E-state index contributed by atoms with van der Waals surface area (Å²) in [6.07, 6.45) is 0.386. The van der Waals surface area contributed by atoms with Gasteiger partial charge < -0.3 is 14.8 Å². The van der Waals surface area contributed by atoms with Gasteiger partial charge in [0.1, 0.15) is 0 Å². The molecule has 0 aliphatic heterocycles. The Kier molecular flexibility index (Phi) is 7.70. The number of amides is 1. The van der Waals surface area contributed by atoms with Crippen molar-refractivity contribution in [2.45, 2.75) is 26.0 Å². The van der Waals surface area contributed by atoms with Crippen molar-refractivity contribution in [3.8, 4) is 0 Å². The highest BCUT2D eigenvalue weighted by molar-refractivity contribution is 5.92. The summed E-state index contributed by atoms with van der Waals surface area (Å²) in [5, 5.41) is 2.62. The van der Waals surface area contributed by atoms with E-state index in [1.807, 2.05) is 30.3 Å². The topological polar surface area (TPSA) is 81.7 Å². The molecule has 0 spiro atoms. The lowest BCUT2D eigenvalue weighted by atomic mass is 10.0. The molecule has 2 aromatic carbocycles. The zero-order valence-corrected chi connectivity index (χ0v) is 15.4. The molecule has 0 heterocycles. The van der Waals surface area contributed by atoms with Gasteiger partial charge in [-0.05, 0) is 36.6 Å². The second kappa shape index (κ2) is 10.2. The Morgan fingerprint density at radius 1 is 0.963 bits per heavy atom. The number of rotatable bonds is 9. The third kappa shape index (κ3) is 6.67. The van der Waals surface area contributed by atoms with E-state index in [9.17, 15) is 14.4 Å². The summed E-state index contributed by atoms with van der Waals surface area (Å²) in [6.45, 7) is 1.42. The number of hydrogen-bond acceptors (Lipinski definition) is 5. The van der Waals surface area contributed by atoms with Crippen LogP contribution in [0.1, 0.15) is 28.4 Å². The Hall–Kier alpha value is -2.99. The number of carbonyl (C=O) groups excluding carboxylic acids is 3. The van der Waals surface area contributed by atoms with Crippen molar-refractivity contribution < 1.29 is 23.9 Å². The number of hydrogen-bond donors (Lipinski definition) is 1. The minimum absolute atomic E-state index is 0.160. The number of benzene rings is 2. The van der Waals surface area contributed by atoms with Gasteiger partial charge in [0, 0.05) is 7.11 Å². The van der Waals surface area contributed by atoms with Crippen LogP contribution in [0.4, 0.5) is 0 Å². The fourth-order valence-corrected chi connectivity index (χ4v) is 2.50. The fourth-order valence-electron chi connectivity index (χ4n) is 2.50. The monoisotopic (exact) mass is 369 g/mol. The van der Waals surface area contributed by atoms with Crippen LogP contribution in [0.25, 0.3) is 0 Å². The van der Waals surface area contributed by atoms with E-state index < -0.39 is 24.5 Å². The van der Waals surface area contributed by atoms with Gasteiger partial charge in [0.25, 0.3) is 5.91 Å². The Labute approximate surface area is 158 Å². The van der Waals surface area contributed by atoms with Crippen molar-refractivity contribution in [1.82, 2.24) is 5.32 Å². The molecule has 1 unspecified atom stereocenters. The van der Waals surface area contributed by atoms with Crippen LogP contribution in [0, 0.1) is 0 Å². The first-order valence-electron chi connectivity index (χ1n) is 8.58. The molecule has 2 rings (SSSR count). The van der Waals surface area contributed by atoms with Crippen LogP contribution >= 0.6 is 0 Å². The van der Waals surface area contributed by atoms with Crippen LogP contribution in [0.15, 0.2) is 54.6 Å². The van der Waals surface area contributed by atoms with Gasteiger partial charge in [-0.3, -0.25) is 9.59 Å². The van der Waals surface area contributed by atoms with E-state index in [1.165, 1.54) is 6.92 Å². The minimum atomic E-state index is -0.660. The van der Waals surface area contributed by atoms with E-state index in [2.05, 4.69) is 5.32 Å². The molecule has 1 N–H and O–H groups in total. The van der Waals surface area contributed by atoms with Crippen LogP contribution in [0.5, 0.6) is 0 Å². The highest BCUT2D eigenvalue weighted by Gasteiger charge is 2.19. The summed E-state index contributed by atoms with van der Waals surface area (Å²) >= 11 is 0. The van der Waals surface area contributed by atoms with Crippen LogP contribution < -0.4 is 5.32 Å². The number of esters is 1. The lowest BCUT2D eigenvalue weighted by molar-refractivity contribution is -0.128. The van der Waals surface area contributed by atoms with Gasteiger partial charge >= 0.3 is 5.97 Å². The molecule has 0 fully saturated rings. The summed E-state index contributed by atoms with van der Waals surface area (Å²) in [6, 6.07) is 15.5. The normalized spacial score (nSPS) is 11.5. The summed E-state index contributed by atoms with van der Waals surface area (Å²) < 4.78 is 10.0. The Morgan fingerprint density at radius 2 is 1.63 bits per heavy atom. The van der Waals surface area contributed by atoms with E-state index in [1.54, 1.807) is 31.4 Å². The van der Waals surface area contributed by atoms with Gasteiger partial charge in [0.15, 0.2) is 12.4 Å². The molecular formula is C21H23NO5. The maximum atomic E-state index is 12.1. The quantitative estimate of drug-likeness (QED) is 0.686. The predicted octanol–water partition coefficient (Wildman–Crippen LogP) is 2.31. The molecule has 6 nitrogen and oxygen atoms in total. The molecule has 0 aliphatic rings. The highest BCUT2D eigenvalue weighted by atomic mass is 16.5. The minimum Gasteiger partial charge on any atom is -0.452 e. The molecule has 142 valence electrons. The number of ketones is 1. The first kappa shape index (κ1) is 20.3. The Bertz CT molecular complexity index is 771. The van der Waals surface area contributed by atoms with Crippen molar-refractivity contribution in [2.24, 2.45) is 0 Å². The summed E-state index contributed by atoms with van der Waals surface area (Å²) in [5.74, 6) is -1.28. The van der Waals surface area contributed by atoms with Gasteiger partial charge in [0.2, 0.25) is 0 Å². The van der Waals surface area contributed by atoms with Gasteiger partial charge in [0.05, 0.1) is 18.2 Å². The zero-order chi connectivity index (χ0) is 19.6. The van der Waals surface area contributed by atoms with Gasteiger partial charge in [-0.25, -0.2) is 4.79 Å². The van der Waals surface area contributed by atoms with Crippen molar-refractivity contribution in [3.05, 3.63) is 71.3 Å². The van der Waals surface area contributed by atoms with E-state index in [-0.39, 0.29) is 5.78 Å². The summed E-state index contributed by atoms with van der Waals surface area (Å²) in [4.78, 5) is 35.9. The van der Waals surface area contributed by atoms with Crippen LogP contribution in [-0.4, -0.2) is 37.4 Å². The number of carbonyl (C=O) groups is 3. The van der Waals surface area contributed by atoms with Gasteiger partial charge in [-0.15, -0.1) is 0 Å². The maximum absolute atomic E-state index is 12.1. The number of ether oxygens (including phenoxy) is 2. The number of nitrogens with one attached hydrogen (secondary N) is 1.